The van der Waals surface area contributed by atoms with Crippen LogP contribution in [0.4, 0.5) is 0 Å². The Labute approximate surface area is 143 Å². The molecule has 2 aliphatic heterocycles. The smallest absolute Gasteiger partial charge is 0.240 e. The minimum Gasteiger partial charge on any atom is -0.335 e. The molecule has 1 amide bonds. The third-order valence-electron chi connectivity index (χ3n) is 5.20. The highest BCUT2D eigenvalue weighted by molar-refractivity contribution is 5.83. The molecule has 124 valence electrons. The number of hydrogen-bond donors (Lipinski definition) is 0. The van der Waals surface area contributed by atoms with Crippen LogP contribution in [0.1, 0.15) is 24.1 Å². The Morgan fingerprint density at radius 2 is 1.88 bits per heavy atom. The highest BCUT2D eigenvalue weighted by atomic mass is 16.2. The van der Waals surface area contributed by atoms with Crippen molar-refractivity contribution in [1.82, 2.24) is 14.8 Å². The average Bonchev–Trinajstić information content (AvgIpc) is 2.63. The Hall–Kier alpha value is -2.20. The van der Waals surface area contributed by atoms with Gasteiger partial charge in [-0.1, -0.05) is 36.4 Å². The van der Waals surface area contributed by atoms with Crippen LogP contribution in [0.2, 0.25) is 0 Å². The van der Waals surface area contributed by atoms with Crippen molar-refractivity contribution in [2.75, 3.05) is 13.1 Å². The molecule has 2 aromatic rings. The van der Waals surface area contributed by atoms with Gasteiger partial charge >= 0.3 is 0 Å². The van der Waals surface area contributed by atoms with Gasteiger partial charge in [-0.15, -0.1) is 0 Å². The lowest BCUT2D eigenvalue weighted by molar-refractivity contribution is -0.146. The van der Waals surface area contributed by atoms with Crippen LogP contribution in [-0.2, 0) is 17.9 Å². The van der Waals surface area contributed by atoms with E-state index in [9.17, 15) is 4.79 Å². The highest BCUT2D eigenvalue weighted by Gasteiger charge is 2.41. The molecule has 0 radical (unpaired) electrons. The second-order valence-corrected chi connectivity index (χ2v) is 6.90. The number of hydrogen-bond acceptors (Lipinski definition) is 3. The van der Waals surface area contributed by atoms with Gasteiger partial charge in [0.1, 0.15) is 0 Å². The van der Waals surface area contributed by atoms with E-state index in [-0.39, 0.29) is 11.9 Å². The van der Waals surface area contributed by atoms with Crippen LogP contribution in [-0.4, -0.2) is 39.8 Å². The highest BCUT2D eigenvalue weighted by Crippen LogP contribution is 2.31. The van der Waals surface area contributed by atoms with Crippen molar-refractivity contribution in [2.24, 2.45) is 5.92 Å². The summed E-state index contributed by atoms with van der Waals surface area (Å²) in [6.45, 7) is 3.39. The molecular formula is C20H23N3O. The molecule has 2 saturated heterocycles. The molecule has 4 nitrogen and oxygen atoms in total. The van der Waals surface area contributed by atoms with E-state index in [1.807, 2.05) is 29.2 Å². The van der Waals surface area contributed by atoms with E-state index in [0.29, 0.717) is 12.5 Å². The van der Waals surface area contributed by atoms with Gasteiger partial charge < -0.3 is 4.90 Å². The number of piperidine rings is 2. The number of aromatic nitrogens is 1. The molecule has 4 heteroatoms. The molecule has 2 atom stereocenters. The molecule has 0 aliphatic carbocycles. The number of fused-ring (bicyclic) bond motifs is 2. The van der Waals surface area contributed by atoms with Gasteiger partial charge in [0.25, 0.3) is 0 Å². The summed E-state index contributed by atoms with van der Waals surface area (Å²) in [5, 5.41) is 0. The maximum Gasteiger partial charge on any atom is 0.240 e. The Morgan fingerprint density at radius 3 is 2.67 bits per heavy atom. The minimum atomic E-state index is 0.0291. The molecule has 0 N–H and O–H groups in total. The number of pyridine rings is 1. The van der Waals surface area contributed by atoms with Crippen LogP contribution in [0.15, 0.2) is 54.7 Å². The second-order valence-electron chi connectivity index (χ2n) is 6.90. The first kappa shape index (κ1) is 15.3. The molecule has 0 spiro atoms. The molecule has 1 aromatic carbocycles. The molecular weight excluding hydrogens is 298 g/mol. The van der Waals surface area contributed by atoms with Crippen molar-refractivity contribution in [1.29, 1.82) is 0 Å². The maximum atomic E-state index is 13.0. The molecule has 3 heterocycles. The summed E-state index contributed by atoms with van der Waals surface area (Å²) in [4.78, 5) is 21.8. The molecule has 1 aromatic heterocycles. The summed E-state index contributed by atoms with van der Waals surface area (Å²) >= 11 is 0. The molecule has 4 rings (SSSR count). The van der Waals surface area contributed by atoms with E-state index in [2.05, 4.69) is 34.1 Å². The van der Waals surface area contributed by atoms with Gasteiger partial charge in [-0.2, -0.15) is 0 Å². The molecule has 2 bridgehead atoms. The SMILES string of the molecule is O=C1[C@H]2C[C@H](CCN2Cc2ccccc2)CN1Cc1ccccn1. The number of amides is 1. The first-order chi connectivity index (χ1) is 11.8. The lowest BCUT2D eigenvalue weighted by atomic mass is 9.85. The van der Waals surface area contributed by atoms with Gasteiger partial charge in [-0.05, 0) is 43.0 Å². The first-order valence-electron chi connectivity index (χ1n) is 8.76. The van der Waals surface area contributed by atoms with Crippen molar-refractivity contribution >= 4 is 5.91 Å². The summed E-state index contributed by atoms with van der Waals surface area (Å²) in [6, 6.07) is 16.4. The number of carbonyl (C=O) groups is 1. The number of rotatable bonds is 4. The standard InChI is InChI=1S/C20H23N3O/c24-20-19-12-17(14-23(20)15-18-8-4-5-10-21-18)9-11-22(19)13-16-6-2-1-3-7-16/h1-8,10,17,19H,9,11-15H2/t17-,19+/m0/s1. The molecule has 2 fully saturated rings. The van der Waals surface area contributed by atoms with E-state index in [4.69, 9.17) is 0 Å². The Bertz CT molecular complexity index is 689. The van der Waals surface area contributed by atoms with Crippen molar-refractivity contribution in [2.45, 2.75) is 32.0 Å². The van der Waals surface area contributed by atoms with E-state index in [0.717, 1.165) is 31.7 Å². The topological polar surface area (TPSA) is 36.4 Å². The fraction of sp³-hybridized carbons (Fsp3) is 0.400. The number of carbonyl (C=O) groups excluding carboxylic acids is 1. The van der Waals surface area contributed by atoms with Crippen LogP contribution >= 0.6 is 0 Å². The zero-order valence-electron chi connectivity index (χ0n) is 13.8. The Balaban J connectivity index is 1.48. The molecule has 2 aliphatic rings. The predicted octanol–water partition coefficient (Wildman–Crippen LogP) is 2.70. The lowest BCUT2D eigenvalue weighted by Gasteiger charge is -2.46. The third kappa shape index (κ3) is 3.20. The van der Waals surface area contributed by atoms with E-state index < -0.39 is 0 Å². The van der Waals surface area contributed by atoms with Crippen molar-refractivity contribution in [3.05, 3.63) is 66.0 Å². The summed E-state index contributed by atoms with van der Waals surface area (Å²) in [5.74, 6) is 0.899. The van der Waals surface area contributed by atoms with E-state index >= 15 is 0 Å². The van der Waals surface area contributed by atoms with Crippen LogP contribution < -0.4 is 0 Å². The van der Waals surface area contributed by atoms with E-state index in [1.165, 1.54) is 12.0 Å². The van der Waals surface area contributed by atoms with Gasteiger partial charge in [0, 0.05) is 19.3 Å². The maximum absolute atomic E-state index is 13.0. The van der Waals surface area contributed by atoms with Crippen LogP contribution in [0, 0.1) is 5.92 Å². The largest absolute Gasteiger partial charge is 0.335 e. The number of benzene rings is 1. The van der Waals surface area contributed by atoms with Gasteiger partial charge in [0.2, 0.25) is 5.91 Å². The summed E-state index contributed by atoms with van der Waals surface area (Å²) in [6.07, 6.45) is 3.98. The minimum absolute atomic E-state index is 0.0291. The fourth-order valence-electron chi connectivity index (χ4n) is 3.96. The number of likely N-dealkylation sites (tertiary alicyclic amines) is 2. The van der Waals surface area contributed by atoms with Crippen LogP contribution in [0.25, 0.3) is 0 Å². The van der Waals surface area contributed by atoms with Gasteiger partial charge in [0.15, 0.2) is 0 Å². The van der Waals surface area contributed by atoms with Crippen LogP contribution in [0.3, 0.4) is 0 Å². The molecule has 0 saturated carbocycles. The zero-order valence-corrected chi connectivity index (χ0v) is 13.8. The van der Waals surface area contributed by atoms with Gasteiger partial charge in [-0.25, -0.2) is 0 Å². The first-order valence-corrected chi connectivity index (χ1v) is 8.76. The third-order valence-corrected chi connectivity index (χ3v) is 5.20. The van der Waals surface area contributed by atoms with Crippen LogP contribution in [0.5, 0.6) is 0 Å². The summed E-state index contributed by atoms with van der Waals surface area (Å²) < 4.78 is 0. The Morgan fingerprint density at radius 1 is 1.04 bits per heavy atom. The second kappa shape index (κ2) is 6.73. The lowest BCUT2D eigenvalue weighted by Crippen LogP contribution is -2.58. The normalized spacial score (nSPS) is 24.2. The van der Waals surface area contributed by atoms with Crippen molar-refractivity contribution < 1.29 is 4.79 Å². The zero-order chi connectivity index (χ0) is 16.4. The molecule has 0 unspecified atom stereocenters. The quantitative estimate of drug-likeness (QED) is 0.869. The monoisotopic (exact) mass is 321 g/mol. The fourth-order valence-corrected chi connectivity index (χ4v) is 3.96. The van der Waals surface area contributed by atoms with Crippen molar-refractivity contribution in [3.63, 3.8) is 0 Å². The van der Waals surface area contributed by atoms with E-state index in [1.54, 1.807) is 6.20 Å². The number of nitrogens with zero attached hydrogens (tertiary/aromatic N) is 3. The van der Waals surface area contributed by atoms with Gasteiger partial charge in [-0.3, -0.25) is 14.7 Å². The summed E-state index contributed by atoms with van der Waals surface area (Å²) in [5.41, 5.74) is 2.26. The Kier molecular flexibility index (Phi) is 4.30. The van der Waals surface area contributed by atoms with Crippen molar-refractivity contribution in [3.8, 4) is 0 Å². The van der Waals surface area contributed by atoms with Gasteiger partial charge in [0.05, 0.1) is 18.3 Å². The summed E-state index contributed by atoms with van der Waals surface area (Å²) in [7, 11) is 0. The molecule has 24 heavy (non-hydrogen) atoms. The average molecular weight is 321 g/mol. The predicted molar refractivity (Wildman–Crippen MR) is 93.0 cm³/mol.